The molecular formula is C22H27F2N3O4. The van der Waals surface area contributed by atoms with E-state index >= 15 is 0 Å². The zero-order valence-electron chi connectivity index (χ0n) is 17.6. The van der Waals surface area contributed by atoms with Gasteiger partial charge in [0, 0.05) is 6.04 Å². The second kappa shape index (κ2) is 8.09. The summed E-state index contributed by atoms with van der Waals surface area (Å²) in [5.74, 6) is 0.872. The summed E-state index contributed by atoms with van der Waals surface area (Å²) in [6.07, 6.45) is 4.84. The summed E-state index contributed by atoms with van der Waals surface area (Å²) in [5, 5.41) is 5.58. The molecule has 2 N–H and O–H groups in total. The number of hydrogen-bond donors (Lipinski definition) is 2. The highest BCUT2D eigenvalue weighted by Gasteiger charge is 2.50. The van der Waals surface area contributed by atoms with Gasteiger partial charge in [-0.3, -0.25) is 14.5 Å². The lowest BCUT2D eigenvalue weighted by atomic mass is 9.84. The van der Waals surface area contributed by atoms with Gasteiger partial charge in [-0.25, -0.2) is 4.79 Å². The van der Waals surface area contributed by atoms with E-state index in [-0.39, 0.29) is 24.2 Å². The van der Waals surface area contributed by atoms with Crippen LogP contribution in [0.15, 0.2) is 24.3 Å². The number of urea groups is 1. The average Bonchev–Trinajstić information content (AvgIpc) is 3.39. The van der Waals surface area contributed by atoms with Crippen molar-refractivity contribution in [2.75, 3.05) is 6.54 Å². The number of nitrogens with one attached hydrogen (secondary N) is 2. The summed E-state index contributed by atoms with van der Waals surface area (Å²) in [6.45, 7) is 0.191. The van der Waals surface area contributed by atoms with Crippen LogP contribution in [0.5, 0.6) is 5.75 Å². The molecule has 1 aliphatic heterocycles. The maximum absolute atomic E-state index is 13.0. The number of alkyl halides is 2. The molecular weight excluding hydrogens is 408 g/mol. The van der Waals surface area contributed by atoms with Gasteiger partial charge >= 0.3 is 12.6 Å². The van der Waals surface area contributed by atoms with E-state index in [4.69, 9.17) is 0 Å². The first-order valence-corrected chi connectivity index (χ1v) is 10.7. The highest BCUT2D eigenvalue weighted by atomic mass is 19.3. The van der Waals surface area contributed by atoms with Gasteiger partial charge < -0.3 is 15.4 Å². The fourth-order valence-electron chi connectivity index (χ4n) is 5.46. The maximum atomic E-state index is 13.0. The van der Waals surface area contributed by atoms with Gasteiger partial charge in [0.15, 0.2) is 0 Å². The zero-order valence-corrected chi connectivity index (χ0v) is 17.6. The molecule has 7 nitrogen and oxygen atoms in total. The Labute approximate surface area is 179 Å². The van der Waals surface area contributed by atoms with Crippen LogP contribution in [0, 0.1) is 17.8 Å². The second-order valence-corrected chi connectivity index (χ2v) is 9.04. The number of carbonyl (C=O) groups excluding carboxylic acids is 3. The van der Waals surface area contributed by atoms with Crippen molar-refractivity contribution in [3.8, 4) is 5.75 Å². The molecule has 2 bridgehead atoms. The molecule has 0 radical (unpaired) electrons. The minimum Gasteiger partial charge on any atom is -0.435 e. The van der Waals surface area contributed by atoms with Gasteiger partial charge in [-0.15, -0.1) is 0 Å². The molecule has 5 atom stereocenters. The third-order valence-corrected chi connectivity index (χ3v) is 7.06. The molecule has 3 aliphatic rings. The molecule has 1 aromatic rings. The quantitative estimate of drug-likeness (QED) is 0.645. The van der Waals surface area contributed by atoms with Gasteiger partial charge in [0.2, 0.25) is 5.91 Å². The third-order valence-electron chi connectivity index (χ3n) is 7.06. The molecule has 0 unspecified atom stereocenters. The van der Waals surface area contributed by atoms with Crippen LogP contribution >= 0.6 is 0 Å². The van der Waals surface area contributed by atoms with Crippen molar-refractivity contribution in [2.24, 2.45) is 17.8 Å². The smallest absolute Gasteiger partial charge is 0.387 e. The molecule has 2 saturated carbocycles. The van der Waals surface area contributed by atoms with E-state index in [1.165, 1.54) is 50.5 Å². The molecule has 0 aromatic heterocycles. The van der Waals surface area contributed by atoms with Crippen LogP contribution in [0.3, 0.4) is 0 Å². The predicted octanol–water partition coefficient (Wildman–Crippen LogP) is 3.00. The topological polar surface area (TPSA) is 87.7 Å². The first-order valence-electron chi connectivity index (χ1n) is 10.7. The predicted molar refractivity (Wildman–Crippen MR) is 107 cm³/mol. The molecule has 4 amide bonds. The van der Waals surface area contributed by atoms with Crippen molar-refractivity contribution in [3.05, 3.63) is 29.8 Å². The van der Waals surface area contributed by atoms with Crippen LogP contribution in [0.1, 0.15) is 45.1 Å². The highest BCUT2D eigenvalue weighted by Crippen LogP contribution is 2.49. The summed E-state index contributed by atoms with van der Waals surface area (Å²) < 4.78 is 29.0. The molecule has 9 heteroatoms. The maximum Gasteiger partial charge on any atom is 0.387 e. The largest absolute Gasteiger partial charge is 0.435 e. The molecule has 1 saturated heterocycles. The van der Waals surface area contributed by atoms with Crippen LogP contribution in [0.2, 0.25) is 0 Å². The molecule has 2 aliphatic carbocycles. The van der Waals surface area contributed by atoms with Gasteiger partial charge in [0.05, 0.1) is 0 Å². The lowest BCUT2D eigenvalue weighted by Crippen LogP contribution is -2.47. The van der Waals surface area contributed by atoms with E-state index in [0.29, 0.717) is 17.4 Å². The first-order chi connectivity index (χ1) is 14.7. The summed E-state index contributed by atoms with van der Waals surface area (Å²) >= 11 is 0. The molecule has 31 heavy (non-hydrogen) atoms. The number of rotatable bonds is 7. The molecule has 0 spiro atoms. The summed E-state index contributed by atoms with van der Waals surface area (Å²) in [5.41, 5.74) is -0.984. The number of fused-ring (bicyclic) bond motifs is 2. The van der Waals surface area contributed by atoms with Gasteiger partial charge in [-0.2, -0.15) is 8.78 Å². The Bertz CT molecular complexity index is 878. The van der Waals surface area contributed by atoms with Crippen molar-refractivity contribution in [1.29, 1.82) is 0 Å². The van der Waals surface area contributed by atoms with Gasteiger partial charge in [-0.1, -0.05) is 18.6 Å². The van der Waals surface area contributed by atoms with E-state index in [9.17, 15) is 23.2 Å². The summed E-state index contributed by atoms with van der Waals surface area (Å²) in [7, 11) is 0. The number of halogens is 2. The van der Waals surface area contributed by atoms with Crippen molar-refractivity contribution in [2.45, 2.75) is 57.7 Å². The Hall–Kier alpha value is -2.71. The Morgan fingerprint density at radius 3 is 2.55 bits per heavy atom. The fourth-order valence-corrected chi connectivity index (χ4v) is 5.46. The number of benzene rings is 1. The highest BCUT2D eigenvalue weighted by molar-refractivity contribution is 6.09. The third kappa shape index (κ3) is 4.09. The number of nitrogens with zero attached hydrogens (tertiary/aromatic N) is 1. The van der Waals surface area contributed by atoms with Crippen LogP contribution in [0.4, 0.5) is 13.6 Å². The number of hydrogen-bond acceptors (Lipinski definition) is 4. The molecule has 3 fully saturated rings. The van der Waals surface area contributed by atoms with Crippen molar-refractivity contribution < 1.29 is 27.9 Å². The molecule has 1 heterocycles. The van der Waals surface area contributed by atoms with E-state index in [0.717, 1.165) is 17.2 Å². The Morgan fingerprint density at radius 2 is 1.97 bits per heavy atom. The fraction of sp³-hybridized carbons (Fsp3) is 0.591. The second-order valence-electron chi connectivity index (χ2n) is 9.04. The lowest BCUT2D eigenvalue weighted by molar-refractivity contribution is -0.135. The summed E-state index contributed by atoms with van der Waals surface area (Å²) in [6, 6.07) is 4.82. The lowest BCUT2D eigenvalue weighted by Gasteiger charge is -2.29. The van der Waals surface area contributed by atoms with Crippen molar-refractivity contribution in [3.63, 3.8) is 0 Å². The Balaban J connectivity index is 1.39. The standard InChI is InChI=1S/C22H27F2N3O4/c1-12(17-10-13-3-4-14(17)9-13)25-18(28)11-27-19(29)22(2,26-21(27)30)15-5-7-16(8-6-15)31-20(23)24/h5-8,12-14,17,20H,3-4,9-11H2,1-2H3,(H,25,28)(H,26,30)/t12-,13-,14-,17+,22-/m1/s1. The van der Waals surface area contributed by atoms with Crippen LogP contribution in [-0.2, 0) is 15.1 Å². The van der Waals surface area contributed by atoms with Crippen molar-refractivity contribution in [1.82, 2.24) is 15.5 Å². The first kappa shape index (κ1) is 21.5. The molecule has 1 aromatic carbocycles. The minimum absolute atomic E-state index is 0.00247. The van der Waals surface area contributed by atoms with Crippen molar-refractivity contribution >= 4 is 17.8 Å². The van der Waals surface area contributed by atoms with Crippen LogP contribution < -0.4 is 15.4 Å². The van der Waals surface area contributed by atoms with Gasteiger partial charge in [0.1, 0.15) is 17.8 Å². The number of imide groups is 1. The van der Waals surface area contributed by atoms with E-state index in [1.807, 2.05) is 6.92 Å². The zero-order chi connectivity index (χ0) is 22.3. The van der Waals surface area contributed by atoms with Crippen LogP contribution in [-0.4, -0.2) is 41.9 Å². The number of ether oxygens (including phenoxy) is 1. The van der Waals surface area contributed by atoms with Gasteiger partial charge in [0.25, 0.3) is 5.91 Å². The molecule has 4 rings (SSSR count). The monoisotopic (exact) mass is 435 g/mol. The number of amides is 4. The molecule has 168 valence electrons. The van der Waals surface area contributed by atoms with Crippen LogP contribution in [0.25, 0.3) is 0 Å². The minimum atomic E-state index is -2.95. The summed E-state index contributed by atoms with van der Waals surface area (Å²) in [4.78, 5) is 38.9. The van der Waals surface area contributed by atoms with E-state index in [2.05, 4.69) is 15.4 Å². The van der Waals surface area contributed by atoms with E-state index < -0.39 is 24.1 Å². The Morgan fingerprint density at radius 1 is 1.26 bits per heavy atom. The van der Waals surface area contributed by atoms with E-state index in [1.54, 1.807) is 0 Å². The van der Waals surface area contributed by atoms with Gasteiger partial charge in [-0.05, 0) is 68.6 Å². The SMILES string of the molecule is C[C@@H](NC(=O)CN1C(=O)N[C@](C)(c2ccc(OC(F)F)cc2)C1=O)[C@@H]1C[C@@H]2CC[C@@H]1C2. The normalized spacial score (nSPS) is 30.6. The number of carbonyl (C=O) groups is 3. The average molecular weight is 435 g/mol. The Kier molecular flexibility index (Phi) is 5.61.